The van der Waals surface area contributed by atoms with Crippen LogP contribution in [-0.2, 0) is 6.54 Å². The molecule has 0 saturated carbocycles. The minimum absolute atomic E-state index is 0.0530. The molecule has 0 amide bonds. The summed E-state index contributed by atoms with van der Waals surface area (Å²) in [6, 6.07) is 3.73. The van der Waals surface area contributed by atoms with Crippen molar-refractivity contribution >= 4 is 11.8 Å². The van der Waals surface area contributed by atoms with E-state index in [1.807, 2.05) is 48.8 Å². The molecule has 0 atom stereocenters. The Balaban J connectivity index is 1.94. The Morgan fingerprint density at radius 1 is 1.38 bits per heavy atom. The number of hydrogen-bond acceptors (Lipinski definition) is 6. The van der Waals surface area contributed by atoms with Gasteiger partial charge >= 0.3 is 0 Å². The van der Waals surface area contributed by atoms with Gasteiger partial charge in [0, 0.05) is 38.6 Å². The van der Waals surface area contributed by atoms with Crippen LogP contribution in [0.5, 0.6) is 5.88 Å². The van der Waals surface area contributed by atoms with Crippen molar-refractivity contribution in [3.8, 4) is 5.88 Å². The summed E-state index contributed by atoms with van der Waals surface area (Å²) in [4.78, 5) is 10.4. The van der Waals surface area contributed by atoms with Crippen LogP contribution in [0.3, 0.4) is 0 Å². The highest BCUT2D eigenvalue weighted by molar-refractivity contribution is 5.44. The van der Waals surface area contributed by atoms with Crippen LogP contribution in [0.15, 0.2) is 24.5 Å². The second-order valence-electron chi connectivity index (χ2n) is 5.13. The van der Waals surface area contributed by atoms with Crippen LogP contribution in [0.4, 0.5) is 11.8 Å². The molecule has 2 aromatic heterocycles. The van der Waals surface area contributed by atoms with E-state index >= 15 is 0 Å². The van der Waals surface area contributed by atoms with E-state index in [9.17, 15) is 0 Å². The van der Waals surface area contributed by atoms with Crippen molar-refractivity contribution in [3.63, 3.8) is 0 Å². The van der Waals surface area contributed by atoms with Crippen molar-refractivity contribution in [1.82, 2.24) is 19.7 Å². The summed E-state index contributed by atoms with van der Waals surface area (Å²) in [6.07, 6.45) is 4.75. The van der Waals surface area contributed by atoms with E-state index in [1.165, 1.54) is 0 Å². The van der Waals surface area contributed by atoms with Crippen LogP contribution in [0.2, 0.25) is 0 Å². The van der Waals surface area contributed by atoms with Crippen molar-refractivity contribution in [2.24, 2.45) is 0 Å². The van der Waals surface area contributed by atoms with Gasteiger partial charge in [0.25, 0.3) is 0 Å². The molecule has 7 nitrogen and oxygen atoms in total. The van der Waals surface area contributed by atoms with Gasteiger partial charge in [-0.3, -0.25) is 4.68 Å². The maximum Gasteiger partial charge on any atom is 0.225 e. The molecule has 0 aliphatic carbocycles. The Labute approximate surface area is 124 Å². The van der Waals surface area contributed by atoms with Gasteiger partial charge in [-0.1, -0.05) is 0 Å². The highest BCUT2D eigenvalue weighted by Gasteiger charge is 2.09. The second-order valence-corrected chi connectivity index (χ2v) is 5.13. The lowest BCUT2D eigenvalue weighted by Crippen LogP contribution is -2.22. The van der Waals surface area contributed by atoms with Gasteiger partial charge in [-0.25, -0.2) is 0 Å². The van der Waals surface area contributed by atoms with Crippen LogP contribution >= 0.6 is 0 Å². The van der Waals surface area contributed by atoms with Crippen molar-refractivity contribution < 1.29 is 4.74 Å². The molecule has 0 bridgehead atoms. The predicted molar refractivity (Wildman–Crippen MR) is 82.3 cm³/mol. The van der Waals surface area contributed by atoms with Gasteiger partial charge in [0.05, 0.1) is 6.10 Å². The molecule has 2 heterocycles. The maximum absolute atomic E-state index is 5.74. The Kier molecular flexibility index (Phi) is 4.97. The summed E-state index contributed by atoms with van der Waals surface area (Å²) < 4.78 is 7.49. The highest BCUT2D eigenvalue weighted by atomic mass is 16.5. The van der Waals surface area contributed by atoms with E-state index in [4.69, 9.17) is 10.5 Å². The summed E-state index contributed by atoms with van der Waals surface area (Å²) in [6.45, 7) is 5.61. The zero-order chi connectivity index (χ0) is 15.2. The van der Waals surface area contributed by atoms with E-state index in [1.54, 1.807) is 6.20 Å². The monoisotopic (exact) mass is 290 g/mol. The summed E-state index contributed by atoms with van der Waals surface area (Å²) in [5.41, 5.74) is 5.74. The lowest BCUT2D eigenvalue weighted by atomic mass is 10.4. The van der Waals surface area contributed by atoms with Gasteiger partial charge in [-0.15, -0.1) is 0 Å². The minimum atomic E-state index is 0.0530. The third kappa shape index (κ3) is 4.62. The molecule has 0 aliphatic heterocycles. The van der Waals surface area contributed by atoms with Crippen molar-refractivity contribution in [2.75, 3.05) is 24.2 Å². The minimum Gasteiger partial charge on any atom is -0.475 e. The van der Waals surface area contributed by atoms with Crippen molar-refractivity contribution in [3.05, 3.63) is 24.5 Å². The van der Waals surface area contributed by atoms with Crippen molar-refractivity contribution in [2.45, 2.75) is 32.9 Å². The fourth-order valence-electron chi connectivity index (χ4n) is 1.94. The Morgan fingerprint density at radius 3 is 2.86 bits per heavy atom. The molecule has 0 saturated heterocycles. The second kappa shape index (κ2) is 6.92. The fourth-order valence-corrected chi connectivity index (χ4v) is 1.94. The van der Waals surface area contributed by atoms with Crippen LogP contribution in [0.25, 0.3) is 0 Å². The Hall–Kier alpha value is -2.31. The van der Waals surface area contributed by atoms with Gasteiger partial charge in [0.2, 0.25) is 11.8 Å². The molecular formula is C14H22N6O. The number of aryl methyl sites for hydroxylation is 1. The molecule has 0 fully saturated rings. The average molecular weight is 290 g/mol. The van der Waals surface area contributed by atoms with Crippen LogP contribution in [-0.4, -0.2) is 39.4 Å². The zero-order valence-electron chi connectivity index (χ0n) is 12.7. The quantitative estimate of drug-likeness (QED) is 0.833. The molecule has 0 spiro atoms. The van der Waals surface area contributed by atoms with Crippen LogP contribution in [0.1, 0.15) is 20.3 Å². The molecule has 114 valence electrons. The lowest BCUT2D eigenvalue weighted by molar-refractivity contribution is 0.232. The molecule has 0 aliphatic rings. The molecule has 0 radical (unpaired) electrons. The number of nitrogen functional groups attached to an aromatic ring is 1. The SMILES string of the molecule is CC(C)Oc1cc(N(C)CCCn2cccn2)nc(N)n1. The Bertz CT molecular complexity index is 555. The average Bonchev–Trinajstić information content (AvgIpc) is 2.90. The standard InChI is InChI=1S/C14H22N6O/c1-11(2)21-13-10-12(17-14(15)18-13)19(3)7-5-9-20-8-4-6-16-20/h4,6,8,10-11H,5,7,9H2,1-3H3,(H2,15,17,18). The van der Waals surface area contributed by atoms with E-state index < -0.39 is 0 Å². The lowest BCUT2D eigenvalue weighted by Gasteiger charge is -2.19. The first-order valence-corrected chi connectivity index (χ1v) is 7.04. The number of rotatable bonds is 7. The largest absolute Gasteiger partial charge is 0.475 e. The molecule has 21 heavy (non-hydrogen) atoms. The van der Waals surface area contributed by atoms with Crippen LogP contribution < -0.4 is 15.4 Å². The number of aromatic nitrogens is 4. The summed E-state index contributed by atoms with van der Waals surface area (Å²) >= 11 is 0. The first kappa shape index (κ1) is 15.1. The third-order valence-corrected chi connectivity index (χ3v) is 2.89. The number of hydrogen-bond donors (Lipinski definition) is 1. The maximum atomic E-state index is 5.74. The topological polar surface area (TPSA) is 82.1 Å². The first-order chi connectivity index (χ1) is 10.0. The Morgan fingerprint density at radius 2 is 2.19 bits per heavy atom. The van der Waals surface area contributed by atoms with E-state index in [-0.39, 0.29) is 12.1 Å². The zero-order valence-corrected chi connectivity index (χ0v) is 12.7. The van der Waals surface area contributed by atoms with Gasteiger partial charge in [0.1, 0.15) is 5.82 Å². The molecule has 2 aromatic rings. The van der Waals surface area contributed by atoms with Gasteiger partial charge < -0.3 is 15.4 Å². The summed E-state index contributed by atoms with van der Waals surface area (Å²) in [5.74, 6) is 1.49. The number of nitrogens with two attached hydrogens (primary N) is 1. The molecule has 7 heteroatoms. The van der Waals surface area contributed by atoms with E-state index in [2.05, 4.69) is 15.1 Å². The molecule has 0 unspecified atom stereocenters. The fraction of sp³-hybridized carbons (Fsp3) is 0.500. The summed E-state index contributed by atoms with van der Waals surface area (Å²) in [7, 11) is 1.98. The number of ether oxygens (including phenoxy) is 1. The normalized spacial score (nSPS) is 10.9. The van der Waals surface area contributed by atoms with Crippen molar-refractivity contribution in [1.29, 1.82) is 0 Å². The third-order valence-electron chi connectivity index (χ3n) is 2.89. The number of nitrogens with zero attached hydrogens (tertiary/aromatic N) is 5. The van der Waals surface area contributed by atoms with E-state index in [0.29, 0.717) is 5.88 Å². The van der Waals surface area contributed by atoms with Crippen LogP contribution in [0, 0.1) is 0 Å². The first-order valence-electron chi connectivity index (χ1n) is 7.04. The van der Waals surface area contributed by atoms with Gasteiger partial charge in [-0.2, -0.15) is 15.1 Å². The predicted octanol–water partition coefficient (Wildman–Crippen LogP) is 1.57. The van der Waals surface area contributed by atoms with Gasteiger partial charge in [0.15, 0.2) is 0 Å². The van der Waals surface area contributed by atoms with E-state index in [0.717, 1.165) is 25.3 Å². The van der Waals surface area contributed by atoms with Gasteiger partial charge in [-0.05, 0) is 26.3 Å². The molecule has 2 N–H and O–H groups in total. The number of anilines is 2. The summed E-state index contributed by atoms with van der Waals surface area (Å²) in [5, 5.41) is 4.18. The molecule has 0 aromatic carbocycles. The molecule has 2 rings (SSSR count). The highest BCUT2D eigenvalue weighted by Crippen LogP contribution is 2.18. The smallest absolute Gasteiger partial charge is 0.225 e. The molecular weight excluding hydrogens is 268 g/mol.